The molecule has 0 aliphatic rings. The Hall–Kier alpha value is -0.290. The Morgan fingerprint density at radius 1 is 1.30 bits per heavy atom. The zero-order valence-electron chi connectivity index (χ0n) is 5.57. The Morgan fingerprint density at radius 2 is 1.90 bits per heavy atom. The highest BCUT2D eigenvalue weighted by molar-refractivity contribution is 4.62. The van der Waals surface area contributed by atoms with E-state index in [9.17, 15) is 13.2 Å². The van der Waals surface area contributed by atoms with Crippen molar-refractivity contribution in [2.24, 2.45) is 0 Å². The summed E-state index contributed by atoms with van der Waals surface area (Å²) in [5.41, 5.74) is 0. The third-order valence-corrected chi connectivity index (χ3v) is 0.746. The van der Waals surface area contributed by atoms with Crippen molar-refractivity contribution in [3.8, 4) is 0 Å². The lowest BCUT2D eigenvalue weighted by Gasteiger charge is -2.13. The lowest BCUT2D eigenvalue weighted by atomic mass is 10.4. The quantitative estimate of drug-likeness (QED) is 0.598. The van der Waals surface area contributed by atoms with Crippen molar-refractivity contribution >= 4 is 0 Å². The first kappa shape index (κ1) is 9.71. The molecule has 0 unspecified atom stereocenters. The second kappa shape index (κ2) is 4.51. The van der Waals surface area contributed by atoms with Crippen molar-refractivity contribution in [1.29, 1.82) is 0 Å². The predicted octanol–water partition coefficient (Wildman–Crippen LogP) is 1.21. The maximum absolute atomic E-state index is 12.2. The van der Waals surface area contributed by atoms with Crippen molar-refractivity contribution in [2.75, 3.05) is 27.2 Å². The maximum atomic E-state index is 12.2. The molecule has 0 saturated carbocycles. The Kier molecular flexibility index (Phi) is 4.38. The van der Waals surface area contributed by atoms with Crippen LogP contribution in [0.5, 0.6) is 0 Å². The maximum Gasteiger partial charge on any atom is 0.293 e. The fourth-order valence-electron chi connectivity index (χ4n) is 0.441. The van der Waals surface area contributed by atoms with Crippen LogP contribution in [0, 0.1) is 0 Å². The van der Waals surface area contributed by atoms with Crippen LogP contribution in [-0.4, -0.2) is 33.1 Å². The molecule has 0 aromatic heterocycles. The van der Waals surface area contributed by atoms with Crippen molar-refractivity contribution in [2.45, 2.75) is 5.92 Å². The van der Waals surface area contributed by atoms with Gasteiger partial charge in [0.05, 0.1) is 0 Å². The number of alkyl halides is 3. The fraction of sp³-hybridized carbons (Fsp3) is 1.00. The van der Waals surface area contributed by atoms with Gasteiger partial charge in [-0.25, -0.2) is 13.2 Å². The minimum Gasteiger partial charge on any atom is -0.378 e. The molecular formula is C5H9F3O2. The van der Waals surface area contributed by atoms with Gasteiger partial charge in [0.25, 0.3) is 5.92 Å². The molecular weight excluding hydrogens is 149 g/mol. The van der Waals surface area contributed by atoms with E-state index in [0.717, 1.165) is 7.11 Å². The minimum absolute atomic E-state index is 0.743. The molecule has 0 spiro atoms. The van der Waals surface area contributed by atoms with Crippen LogP contribution in [0.15, 0.2) is 0 Å². The van der Waals surface area contributed by atoms with E-state index >= 15 is 0 Å². The summed E-state index contributed by atoms with van der Waals surface area (Å²) in [4.78, 5) is 0. The van der Waals surface area contributed by atoms with E-state index in [0.29, 0.717) is 0 Å². The molecule has 0 bridgehead atoms. The predicted molar refractivity (Wildman–Crippen MR) is 28.7 cm³/mol. The normalized spacial score (nSPS) is 12.0. The van der Waals surface area contributed by atoms with Gasteiger partial charge in [-0.2, -0.15) is 0 Å². The van der Waals surface area contributed by atoms with Gasteiger partial charge in [0.15, 0.2) is 6.86 Å². The van der Waals surface area contributed by atoms with Crippen LogP contribution < -0.4 is 0 Å². The lowest BCUT2D eigenvalue weighted by molar-refractivity contribution is -0.127. The van der Waals surface area contributed by atoms with Crippen molar-refractivity contribution < 1.29 is 22.6 Å². The minimum atomic E-state index is -3.08. The van der Waals surface area contributed by atoms with Gasteiger partial charge in [0, 0.05) is 7.11 Å². The van der Waals surface area contributed by atoms with Crippen LogP contribution in [0.3, 0.4) is 0 Å². The summed E-state index contributed by atoms with van der Waals surface area (Å²) in [5, 5.41) is 0. The number of ether oxygens (including phenoxy) is 2. The van der Waals surface area contributed by atoms with E-state index < -0.39 is 26.0 Å². The number of rotatable bonds is 5. The molecule has 0 saturated heterocycles. The van der Waals surface area contributed by atoms with Gasteiger partial charge in [-0.15, -0.1) is 0 Å². The molecule has 0 aliphatic carbocycles. The van der Waals surface area contributed by atoms with Crippen molar-refractivity contribution in [3.63, 3.8) is 0 Å². The van der Waals surface area contributed by atoms with Crippen molar-refractivity contribution in [1.82, 2.24) is 0 Å². The lowest BCUT2D eigenvalue weighted by Crippen LogP contribution is -2.29. The third-order valence-electron chi connectivity index (χ3n) is 0.746. The van der Waals surface area contributed by atoms with Gasteiger partial charge in [0.2, 0.25) is 0 Å². The standard InChI is InChI=1S/C5H9F3O2/c1-9-2-5(7,8)3-10-4-6/h2-4H2,1H3. The van der Waals surface area contributed by atoms with E-state index in [2.05, 4.69) is 9.47 Å². The Morgan fingerprint density at radius 3 is 2.30 bits per heavy atom. The summed E-state index contributed by atoms with van der Waals surface area (Å²) in [7, 11) is 1.14. The molecule has 5 heteroatoms. The van der Waals surface area contributed by atoms with E-state index in [1.54, 1.807) is 0 Å². The first-order valence-corrected chi connectivity index (χ1v) is 2.63. The summed E-state index contributed by atoms with van der Waals surface area (Å²) in [5.74, 6) is -3.08. The molecule has 0 aliphatic heterocycles. The summed E-state index contributed by atoms with van der Waals surface area (Å²) in [6, 6.07) is 0. The van der Waals surface area contributed by atoms with Crippen LogP contribution in [0.1, 0.15) is 0 Å². The van der Waals surface area contributed by atoms with Gasteiger partial charge in [-0.3, -0.25) is 0 Å². The number of methoxy groups -OCH3 is 1. The molecule has 10 heavy (non-hydrogen) atoms. The molecule has 0 amide bonds. The van der Waals surface area contributed by atoms with Crippen LogP contribution in [-0.2, 0) is 9.47 Å². The Labute approximate surface area is 56.9 Å². The summed E-state index contributed by atoms with van der Waals surface area (Å²) in [6.45, 7) is -2.87. The number of hydrogen-bond acceptors (Lipinski definition) is 2. The molecule has 2 nitrogen and oxygen atoms in total. The zero-order valence-corrected chi connectivity index (χ0v) is 5.57. The van der Waals surface area contributed by atoms with Crippen LogP contribution in [0.25, 0.3) is 0 Å². The smallest absolute Gasteiger partial charge is 0.293 e. The van der Waals surface area contributed by atoms with Crippen LogP contribution in [0.2, 0.25) is 0 Å². The van der Waals surface area contributed by atoms with E-state index in [4.69, 9.17) is 0 Å². The second-order valence-electron chi connectivity index (χ2n) is 1.75. The second-order valence-corrected chi connectivity index (χ2v) is 1.75. The van der Waals surface area contributed by atoms with Gasteiger partial charge >= 0.3 is 0 Å². The highest BCUT2D eigenvalue weighted by Crippen LogP contribution is 2.13. The first-order valence-electron chi connectivity index (χ1n) is 2.63. The highest BCUT2D eigenvalue weighted by Gasteiger charge is 2.28. The SMILES string of the molecule is COCC(F)(F)COCF. The molecule has 62 valence electrons. The van der Waals surface area contributed by atoms with Crippen LogP contribution in [0.4, 0.5) is 13.2 Å². The summed E-state index contributed by atoms with van der Waals surface area (Å²) < 4.78 is 43.6. The molecule has 0 atom stereocenters. The molecule has 0 rings (SSSR count). The molecule has 0 heterocycles. The molecule has 0 aromatic rings. The van der Waals surface area contributed by atoms with Crippen molar-refractivity contribution in [3.05, 3.63) is 0 Å². The summed E-state index contributed by atoms with van der Waals surface area (Å²) >= 11 is 0. The Bertz CT molecular complexity index is 87.0. The Balaban J connectivity index is 3.42. The molecule has 0 N–H and O–H groups in total. The van der Waals surface area contributed by atoms with Gasteiger partial charge in [0.1, 0.15) is 13.2 Å². The van der Waals surface area contributed by atoms with E-state index in [1.165, 1.54) is 0 Å². The molecule has 0 aromatic carbocycles. The largest absolute Gasteiger partial charge is 0.378 e. The monoisotopic (exact) mass is 158 g/mol. The third kappa shape index (κ3) is 4.58. The zero-order chi connectivity index (χ0) is 8.04. The van der Waals surface area contributed by atoms with E-state index in [1.807, 2.05) is 0 Å². The van der Waals surface area contributed by atoms with E-state index in [-0.39, 0.29) is 0 Å². The fourth-order valence-corrected chi connectivity index (χ4v) is 0.441. The summed E-state index contributed by atoms with van der Waals surface area (Å²) in [6.07, 6.45) is 0. The van der Waals surface area contributed by atoms with Gasteiger partial charge in [-0.1, -0.05) is 0 Å². The first-order chi connectivity index (χ1) is 4.62. The van der Waals surface area contributed by atoms with Gasteiger partial charge in [-0.05, 0) is 0 Å². The highest BCUT2D eigenvalue weighted by atomic mass is 19.3. The topological polar surface area (TPSA) is 18.5 Å². The molecule has 0 radical (unpaired) electrons. The average Bonchev–Trinajstić information content (AvgIpc) is 1.84. The average molecular weight is 158 g/mol. The number of halogens is 3. The van der Waals surface area contributed by atoms with Crippen LogP contribution >= 0.6 is 0 Å². The molecule has 0 fully saturated rings. The van der Waals surface area contributed by atoms with Gasteiger partial charge < -0.3 is 9.47 Å². The number of hydrogen-bond donors (Lipinski definition) is 0.